The lowest BCUT2D eigenvalue weighted by Gasteiger charge is -2.24. The van der Waals surface area contributed by atoms with Gasteiger partial charge in [0.25, 0.3) is 0 Å². The first-order chi connectivity index (χ1) is 14.9. The van der Waals surface area contributed by atoms with E-state index in [4.69, 9.17) is 0 Å². The van der Waals surface area contributed by atoms with Crippen molar-refractivity contribution in [2.45, 2.75) is 37.6 Å². The molecule has 4 aromatic carbocycles. The Morgan fingerprint density at radius 2 is 1.19 bits per heavy atom. The van der Waals surface area contributed by atoms with Crippen LogP contribution in [0.15, 0.2) is 128 Å². The van der Waals surface area contributed by atoms with E-state index in [9.17, 15) is 13.2 Å². The van der Waals surface area contributed by atoms with Gasteiger partial charge in [-0.25, -0.2) is 0 Å². The molecule has 4 rings (SSSR count). The molecule has 0 saturated heterocycles. The van der Waals surface area contributed by atoms with E-state index < -0.39 is 22.6 Å². The normalized spacial score (nSPS) is 11.9. The first-order valence-corrected chi connectivity index (χ1v) is 11.9. The summed E-state index contributed by atoms with van der Waals surface area (Å²) in [5.74, 6) is 0. The zero-order valence-corrected chi connectivity index (χ0v) is 18.5. The standard InChI is InChI=1S/C26H21F3S2/c1-19-18-24(31(22-8-4-2-5-9-22)23-10-6-3-7-11-23)16-17-25(19)30-21-14-12-20(13-15-21)26(27,28)29/h2-18,31H,1H3. The molecule has 0 aliphatic heterocycles. The second kappa shape index (κ2) is 9.25. The average molecular weight is 455 g/mol. The van der Waals surface area contributed by atoms with Crippen LogP contribution in [0.25, 0.3) is 0 Å². The third kappa shape index (κ3) is 5.17. The predicted molar refractivity (Wildman–Crippen MR) is 123 cm³/mol. The van der Waals surface area contributed by atoms with Gasteiger partial charge < -0.3 is 0 Å². The Labute approximate surface area is 187 Å². The van der Waals surface area contributed by atoms with E-state index in [1.54, 1.807) is 0 Å². The molecule has 0 N–H and O–H groups in total. The lowest BCUT2D eigenvalue weighted by Crippen LogP contribution is -2.03. The fourth-order valence-electron chi connectivity index (χ4n) is 3.33. The van der Waals surface area contributed by atoms with E-state index in [1.165, 1.54) is 38.6 Å². The molecule has 0 spiro atoms. The summed E-state index contributed by atoms with van der Waals surface area (Å²) in [6, 6.07) is 32.7. The van der Waals surface area contributed by atoms with Gasteiger partial charge in [0, 0.05) is 9.79 Å². The van der Waals surface area contributed by atoms with Gasteiger partial charge >= 0.3 is 6.18 Å². The van der Waals surface area contributed by atoms with Crippen molar-refractivity contribution in [3.05, 3.63) is 114 Å². The van der Waals surface area contributed by atoms with Crippen LogP contribution in [0.1, 0.15) is 11.1 Å². The quantitative estimate of drug-likeness (QED) is 0.294. The highest BCUT2D eigenvalue weighted by Crippen LogP contribution is 2.51. The number of alkyl halides is 3. The van der Waals surface area contributed by atoms with Crippen molar-refractivity contribution in [2.75, 3.05) is 0 Å². The SMILES string of the molecule is Cc1cc([SH](c2ccccc2)c2ccccc2)ccc1Sc1ccc(C(F)(F)F)cc1. The maximum absolute atomic E-state index is 12.8. The molecule has 0 saturated carbocycles. The molecule has 0 aliphatic carbocycles. The minimum Gasteiger partial charge on any atom is -0.173 e. The molecule has 0 bridgehead atoms. The Balaban J connectivity index is 1.64. The molecule has 0 nitrogen and oxygen atoms in total. The highest BCUT2D eigenvalue weighted by molar-refractivity contribution is 8.17. The first kappa shape index (κ1) is 21.6. The molecule has 0 fully saturated rings. The number of halogens is 3. The van der Waals surface area contributed by atoms with Gasteiger partial charge in [0.2, 0.25) is 0 Å². The van der Waals surface area contributed by atoms with Crippen LogP contribution in [0.2, 0.25) is 0 Å². The molecule has 0 atom stereocenters. The van der Waals surface area contributed by atoms with E-state index in [0.29, 0.717) is 0 Å². The van der Waals surface area contributed by atoms with Crippen LogP contribution in [0.4, 0.5) is 13.2 Å². The van der Waals surface area contributed by atoms with Gasteiger partial charge in [0.15, 0.2) is 0 Å². The van der Waals surface area contributed by atoms with Gasteiger partial charge in [-0.3, -0.25) is 0 Å². The molecule has 4 aromatic rings. The average Bonchev–Trinajstić information content (AvgIpc) is 2.77. The van der Waals surface area contributed by atoms with Gasteiger partial charge in [0.05, 0.1) is 5.56 Å². The molecule has 0 aliphatic rings. The summed E-state index contributed by atoms with van der Waals surface area (Å²) >= 11 is 1.49. The molecule has 0 radical (unpaired) electrons. The van der Waals surface area contributed by atoms with Gasteiger partial charge in [-0.1, -0.05) is 48.2 Å². The van der Waals surface area contributed by atoms with Crippen LogP contribution in [-0.2, 0) is 6.18 Å². The van der Waals surface area contributed by atoms with Gasteiger partial charge in [0.1, 0.15) is 0 Å². The van der Waals surface area contributed by atoms with Gasteiger partial charge in [-0.05, 0) is 93.9 Å². The fraction of sp³-hybridized carbons (Fsp3) is 0.0769. The van der Waals surface area contributed by atoms with Crippen LogP contribution in [0.5, 0.6) is 0 Å². The smallest absolute Gasteiger partial charge is 0.173 e. The van der Waals surface area contributed by atoms with E-state index >= 15 is 0 Å². The summed E-state index contributed by atoms with van der Waals surface area (Å²) in [4.78, 5) is 5.65. The maximum atomic E-state index is 12.8. The summed E-state index contributed by atoms with van der Waals surface area (Å²) in [5, 5.41) is 0. The number of benzene rings is 4. The van der Waals surface area contributed by atoms with E-state index in [0.717, 1.165) is 27.5 Å². The molecule has 0 amide bonds. The first-order valence-electron chi connectivity index (χ1n) is 9.78. The van der Waals surface area contributed by atoms with Crippen LogP contribution < -0.4 is 0 Å². The van der Waals surface area contributed by atoms with Crippen molar-refractivity contribution < 1.29 is 13.2 Å². The summed E-state index contributed by atoms with van der Waals surface area (Å²) in [7, 11) is -0.686. The Bertz CT molecular complexity index is 1100. The third-order valence-electron chi connectivity index (χ3n) is 4.85. The zero-order valence-electron chi connectivity index (χ0n) is 16.8. The summed E-state index contributed by atoms with van der Waals surface area (Å²) in [6.07, 6.45) is -4.31. The van der Waals surface area contributed by atoms with E-state index in [1.807, 2.05) is 12.1 Å². The number of aryl methyl sites for hydroxylation is 1. The third-order valence-corrected chi connectivity index (χ3v) is 8.46. The largest absolute Gasteiger partial charge is 0.416 e. The number of thiol groups is 1. The van der Waals surface area contributed by atoms with Crippen LogP contribution >= 0.6 is 22.7 Å². The molecule has 0 heterocycles. The lowest BCUT2D eigenvalue weighted by atomic mass is 10.2. The van der Waals surface area contributed by atoms with E-state index in [-0.39, 0.29) is 0 Å². The van der Waals surface area contributed by atoms with E-state index in [2.05, 4.69) is 73.7 Å². The van der Waals surface area contributed by atoms with Gasteiger partial charge in [-0.15, -0.1) is 0 Å². The number of hydrogen-bond donors (Lipinski definition) is 1. The molecule has 158 valence electrons. The lowest BCUT2D eigenvalue weighted by molar-refractivity contribution is -0.137. The number of rotatable bonds is 5. The molecule has 0 unspecified atom stereocenters. The Hall–Kier alpha value is -2.63. The molecule has 5 heteroatoms. The van der Waals surface area contributed by atoms with Crippen molar-refractivity contribution in [1.82, 2.24) is 0 Å². The van der Waals surface area contributed by atoms with Crippen LogP contribution in [0.3, 0.4) is 0 Å². The maximum Gasteiger partial charge on any atom is 0.416 e. The van der Waals surface area contributed by atoms with Gasteiger partial charge in [-0.2, -0.15) is 24.1 Å². The summed E-state index contributed by atoms with van der Waals surface area (Å²) in [6.45, 7) is 2.05. The Morgan fingerprint density at radius 3 is 1.68 bits per heavy atom. The van der Waals surface area contributed by atoms with Crippen molar-refractivity contribution in [1.29, 1.82) is 0 Å². The molecule has 0 aromatic heterocycles. The second-order valence-electron chi connectivity index (χ2n) is 7.08. The molecular weight excluding hydrogens is 433 g/mol. The Morgan fingerprint density at radius 1 is 0.645 bits per heavy atom. The fourth-order valence-corrected chi connectivity index (χ4v) is 6.59. The minimum absolute atomic E-state index is 0.625. The summed E-state index contributed by atoms with van der Waals surface area (Å²) < 4.78 is 38.4. The van der Waals surface area contributed by atoms with Crippen molar-refractivity contribution in [2.24, 2.45) is 0 Å². The molecule has 31 heavy (non-hydrogen) atoms. The highest BCUT2D eigenvalue weighted by Gasteiger charge is 2.30. The van der Waals surface area contributed by atoms with Crippen LogP contribution in [-0.4, -0.2) is 0 Å². The zero-order chi connectivity index (χ0) is 21.8. The van der Waals surface area contributed by atoms with Crippen molar-refractivity contribution >= 4 is 22.7 Å². The predicted octanol–water partition coefficient (Wildman–Crippen LogP) is 8.64. The monoisotopic (exact) mass is 454 g/mol. The second-order valence-corrected chi connectivity index (χ2v) is 10.4. The summed E-state index contributed by atoms with van der Waals surface area (Å²) in [5.41, 5.74) is 0.488. The Kier molecular flexibility index (Phi) is 6.44. The topological polar surface area (TPSA) is 0 Å². The molecular formula is C26H21F3S2. The van der Waals surface area contributed by atoms with Crippen molar-refractivity contribution in [3.8, 4) is 0 Å². The number of hydrogen-bond acceptors (Lipinski definition) is 1. The van der Waals surface area contributed by atoms with Crippen LogP contribution in [0, 0.1) is 6.92 Å². The highest BCUT2D eigenvalue weighted by atomic mass is 32.2. The minimum atomic E-state index is -4.31. The van der Waals surface area contributed by atoms with Crippen molar-refractivity contribution in [3.63, 3.8) is 0 Å².